The van der Waals surface area contributed by atoms with E-state index in [0.717, 1.165) is 0 Å². The van der Waals surface area contributed by atoms with Crippen molar-refractivity contribution in [2.75, 3.05) is 0 Å². The molecular weight excluding hydrogens is 582 g/mol. The smallest absolute Gasteiger partial charge is 0.282 e. The lowest BCUT2D eigenvalue weighted by Crippen LogP contribution is -2.02. The van der Waals surface area contributed by atoms with Gasteiger partial charge in [-0.3, -0.25) is 9.11 Å². The molecule has 0 aliphatic heterocycles. The molecule has 0 fully saturated rings. The number of rotatable bonds is 4. The maximum atomic E-state index is 11.5. The molecule has 2 aromatic carbocycles. The summed E-state index contributed by atoms with van der Waals surface area (Å²) < 4.78 is 65.7. The number of hydrogen-bond acceptors (Lipinski definition) is 4. The van der Waals surface area contributed by atoms with Crippen molar-refractivity contribution in [1.82, 2.24) is 0 Å². The van der Waals surface area contributed by atoms with Crippen molar-refractivity contribution >= 4 is 77.6 Å². The van der Waals surface area contributed by atoms with Gasteiger partial charge in [-0.05, 0) is 80.6 Å². The molecule has 6 nitrogen and oxygen atoms in total. The molecule has 0 atom stereocenters. The zero-order valence-electron chi connectivity index (χ0n) is 11.7. The lowest BCUT2D eigenvalue weighted by molar-refractivity contribution is 0.480. The highest BCUT2D eigenvalue weighted by molar-refractivity contribution is 14.1. The summed E-state index contributed by atoms with van der Waals surface area (Å²) >= 11 is 3.82. The first-order valence-electron chi connectivity index (χ1n) is 6.20. The minimum Gasteiger partial charge on any atom is -0.282 e. The molecule has 24 heavy (non-hydrogen) atoms. The minimum absolute atomic E-state index is 0.192. The fourth-order valence-electron chi connectivity index (χ4n) is 1.92. The van der Waals surface area contributed by atoms with Crippen LogP contribution in [0.5, 0.6) is 0 Å². The minimum atomic E-state index is -4.43. The predicted molar refractivity (Wildman–Crippen MR) is 107 cm³/mol. The predicted octanol–water partition coefficient (Wildman–Crippen LogP) is 3.56. The SMILES string of the molecule is O=S(=O)(O)c1cc(I)ccc1/C=C/c1ccc(I)cc1S(=O)(=O)O. The third-order valence-electron chi connectivity index (χ3n) is 2.95. The van der Waals surface area contributed by atoms with Crippen LogP contribution in [0.2, 0.25) is 0 Å². The van der Waals surface area contributed by atoms with Gasteiger partial charge in [0.2, 0.25) is 0 Å². The molecule has 0 bridgehead atoms. The van der Waals surface area contributed by atoms with Crippen LogP contribution in [0.4, 0.5) is 0 Å². The van der Waals surface area contributed by atoms with Crippen LogP contribution in [0.15, 0.2) is 46.2 Å². The van der Waals surface area contributed by atoms with Crippen molar-refractivity contribution in [2.24, 2.45) is 0 Å². The Morgan fingerprint density at radius 2 is 1.04 bits per heavy atom. The Balaban J connectivity index is 2.59. The summed E-state index contributed by atoms with van der Waals surface area (Å²) in [6.07, 6.45) is 2.71. The van der Waals surface area contributed by atoms with E-state index in [2.05, 4.69) is 0 Å². The van der Waals surface area contributed by atoms with Crippen molar-refractivity contribution in [3.05, 3.63) is 54.7 Å². The summed E-state index contributed by atoms with van der Waals surface area (Å²) in [5, 5.41) is 0. The molecule has 2 N–H and O–H groups in total. The van der Waals surface area contributed by atoms with Crippen LogP contribution in [0.3, 0.4) is 0 Å². The second-order valence-corrected chi connectivity index (χ2v) is 9.92. The molecule has 0 aliphatic rings. The van der Waals surface area contributed by atoms with Gasteiger partial charge in [0.15, 0.2) is 0 Å². The van der Waals surface area contributed by atoms with E-state index in [1.54, 1.807) is 12.1 Å². The van der Waals surface area contributed by atoms with E-state index in [1.807, 2.05) is 45.2 Å². The molecule has 2 rings (SSSR count). The summed E-state index contributed by atoms with van der Waals surface area (Å²) in [5.41, 5.74) is 0.385. The maximum absolute atomic E-state index is 11.5. The third kappa shape index (κ3) is 4.98. The highest BCUT2D eigenvalue weighted by Gasteiger charge is 2.16. The van der Waals surface area contributed by atoms with E-state index in [1.165, 1.54) is 36.4 Å². The normalized spacial score (nSPS) is 12.7. The first kappa shape index (κ1) is 19.8. The standard InChI is InChI=1S/C14H10I2O6S2/c15-11-5-3-9(13(7-11)23(17,18)19)1-2-10-4-6-12(16)8-14(10)24(20,21)22/h1-8H,(H,17,18,19)(H,20,21,22)/b2-1+. The van der Waals surface area contributed by atoms with Gasteiger partial charge in [0.05, 0.1) is 0 Å². The summed E-state index contributed by atoms with van der Waals surface area (Å²) in [4.78, 5) is -0.575. The Morgan fingerprint density at radius 1 is 0.708 bits per heavy atom. The second kappa shape index (κ2) is 7.37. The molecule has 0 unspecified atom stereocenters. The van der Waals surface area contributed by atoms with Crippen molar-refractivity contribution in [1.29, 1.82) is 0 Å². The van der Waals surface area contributed by atoms with Gasteiger partial charge >= 0.3 is 0 Å². The van der Waals surface area contributed by atoms with Gasteiger partial charge in [-0.2, -0.15) is 16.8 Å². The summed E-state index contributed by atoms with van der Waals surface area (Å²) in [7, 11) is -8.86. The first-order valence-corrected chi connectivity index (χ1v) is 11.2. The van der Waals surface area contributed by atoms with Gasteiger partial charge in [0.1, 0.15) is 9.79 Å². The first-order chi connectivity index (χ1) is 11.0. The highest BCUT2D eigenvalue weighted by Crippen LogP contribution is 2.24. The average molecular weight is 592 g/mol. The van der Waals surface area contributed by atoms with Gasteiger partial charge in [-0.25, -0.2) is 0 Å². The van der Waals surface area contributed by atoms with E-state index in [0.29, 0.717) is 7.14 Å². The molecule has 0 saturated carbocycles. The van der Waals surface area contributed by atoms with E-state index in [-0.39, 0.29) is 20.9 Å². The van der Waals surface area contributed by atoms with Crippen molar-refractivity contribution in [3.8, 4) is 0 Å². The number of benzene rings is 2. The molecule has 0 aromatic heterocycles. The monoisotopic (exact) mass is 592 g/mol. The van der Waals surface area contributed by atoms with Crippen LogP contribution in [0.25, 0.3) is 12.2 Å². The third-order valence-corrected chi connectivity index (χ3v) is 6.11. The summed E-state index contributed by atoms with van der Waals surface area (Å²) in [5.74, 6) is 0. The van der Waals surface area contributed by atoms with E-state index in [4.69, 9.17) is 0 Å². The Labute approximate surface area is 166 Å². The molecule has 0 saturated heterocycles. The average Bonchev–Trinajstić information content (AvgIpc) is 2.45. The van der Waals surface area contributed by atoms with E-state index in [9.17, 15) is 25.9 Å². The fraction of sp³-hybridized carbons (Fsp3) is 0. The molecule has 2 aromatic rings. The van der Waals surface area contributed by atoms with Gasteiger partial charge in [-0.1, -0.05) is 24.3 Å². The van der Waals surface area contributed by atoms with Crippen molar-refractivity contribution in [3.63, 3.8) is 0 Å². The fourth-order valence-corrected chi connectivity index (χ4v) is 4.74. The Hall–Kier alpha value is -0.540. The summed E-state index contributed by atoms with van der Waals surface area (Å²) in [6.45, 7) is 0. The van der Waals surface area contributed by atoms with Crippen LogP contribution in [-0.2, 0) is 20.2 Å². The molecule has 10 heteroatoms. The van der Waals surface area contributed by atoms with Crippen molar-refractivity contribution in [2.45, 2.75) is 9.79 Å². The molecule has 0 spiro atoms. The second-order valence-electron chi connectivity index (χ2n) is 4.65. The Morgan fingerprint density at radius 3 is 1.33 bits per heavy atom. The lowest BCUT2D eigenvalue weighted by Gasteiger charge is -2.06. The van der Waals surface area contributed by atoms with Gasteiger partial charge < -0.3 is 0 Å². The van der Waals surface area contributed by atoms with Gasteiger partial charge in [0.25, 0.3) is 20.2 Å². The van der Waals surface area contributed by atoms with Crippen LogP contribution in [0.1, 0.15) is 11.1 Å². The number of halogens is 2. The Bertz CT molecular complexity index is 944. The summed E-state index contributed by atoms with van der Waals surface area (Å²) in [6, 6.07) is 8.86. The molecule has 0 radical (unpaired) electrons. The van der Waals surface area contributed by atoms with Crippen molar-refractivity contribution < 1.29 is 25.9 Å². The molecule has 0 aliphatic carbocycles. The van der Waals surface area contributed by atoms with E-state index < -0.39 is 20.2 Å². The molecule has 0 amide bonds. The van der Waals surface area contributed by atoms with Gasteiger partial charge in [0, 0.05) is 7.14 Å². The maximum Gasteiger partial charge on any atom is 0.295 e. The number of hydrogen-bond donors (Lipinski definition) is 2. The largest absolute Gasteiger partial charge is 0.295 e. The topological polar surface area (TPSA) is 109 Å². The Kier molecular flexibility index (Phi) is 6.08. The zero-order chi connectivity index (χ0) is 18.1. The van der Waals surface area contributed by atoms with Gasteiger partial charge in [-0.15, -0.1) is 0 Å². The van der Waals surface area contributed by atoms with Crippen LogP contribution in [0, 0.1) is 7.14 Å². The molecule has 128 valence electrons. The van der Waals surface area contributed by atoms with Crippen LogP contribution in [-0.4, -0.2) is 25.9 Å². The lowest BCUT2D eigenvalue weighted by atomic mass is 10.1. The molecular formula is C14H10I2O6S2. The molecule has 0 heterocycles. The zero-order valence-corrected chi connectivity index (χ0v) is 17.7. The highest BCUT2D eigenvalue weighted by atomic mass is 127. The van der Waals surface area contributed by atoms with Crippen LogP contribution >= 0.6 is 45.2 Å². The van der Waals surface area contributed by atoms with E-state index >= 15 is 0 Å². The quantitative estimate of drug-likeness (QED) is 0.320. The van der Waals surface area contributed by atoms with Crippen LogP contribution < -0.4 is 0 Å².